The highest BCUT2D eigenvalue weighted by atomic mass is 16.6. The van der Waals surface area contributed by atoms with Gasteiger partial charge in [0.25, 0.3) is 5.91 Å². The molecule has 0 fully saturated rings. The molecule has 0 unspecified atom stereocenters. The number of carbonyl (C=O) groups excluding carboxylic acids is 2. The van der Waals surface area contributed by atoms with E-state index in [1.165, 1.54) is 0 Å². The predicted octanol–water partition coefficient (Wildman–Crippen LogP) is 3.08. The molecule has 0 spiro atoms. The van der Waals surface area contributed by atoms with Crippen LogP contribution in [0.1, 0.15) is 56.6 Å². The second-order valence-electron chi connectivity index (χ2n) is 8.14. The molecule has 2 amide bonds. The van der Waals surface area contributed by atoms with Gasteiger partial charge in [0, 0.05) is 31.4 Å². The van der Waals surface area contributed by atoms with E-state index in [1.807, 2.05) is 39.8 Å². The fraction of sp³-hybridized carbons (Fsp3) is 0.476. The quantitative estimate of drug-likeness (QED) is 0.823. The van der Waals surface area contributed by atoms with Gasteiger partial charge >= 0.3 is 6.09 Å². The van der Waals surface area contributed by atoms with E-state index in [0.717, 1.165) is 24.0 Å². The van der Waals surface area contributed by atoms with Gasteiger partial charge in [-0.05, 0) is 51.3 Å². The molecule has 8 heteroatoms. The maximum atomic E-state index is 12.5. The van der Waals surface area contributed by atoms with Gasteiger partial charge in [-0.15, -0.1) is 0 Å². The summed E-state index contributed by atoms with van der Waals surface area (Å²) < 4.78 is 7.22. The average molecular weight is 399 g/mol. The molecule has 0 radical (unpaired) electrons. The first-order valence-corrected chi connectivity index (χ1v) is 9.93. The summed E-state index contributed by atoms with van der Waals surface area (Å²) in [6, 6.07) is 3.79. The molecule has 8 nitrogen and oxygen atoms in total. The van der Waals surface area contributed by atoms with Crippen molar-refractivity contribution in [1.82, 2.24) is 19.6 Å². The van der Waals surface area contributed by atoms with Gasteiger partial charge in [-0.1, -0.05) is 13.0 Å². The van der Waals surface area contributed by atoms with E-state index in [1.54, 1.807) is 15.5 Å². The Morgan fingerprint density at radius 1 is 1.34 bits per heavy atom. The highest BCUT2D eigenvalue weighted by molar-refractivity contribution is 5.98. The van der Waals surface area contributed by atoms with E-state index in [2.05, 4.69) is 16.4 Å². The second-order valence-corrected chi connectivity index (χ2v) is 8.14. The number of hydrogen-bond acceptors (Lipinski definition) is 5. The lowest BCUT2D eigenvalue weighted by molar-refractivity contribution is 0.0273. The molecule has 3 N–H and O–H groups in total. The second kappa shape index (κ2) is 8.14. The van der Waals surface area contributed by atoms with Crippen molar-refractivity contribution in [2.75, 3.05) is 25.4 Å². The smallest absolute Gasteiger partial charge is 0.410 e. The predicted molar refractivity (Wildman–Crippen MR) is 113 cm³/mol. The summed E-state index contributed by atoms with van der Waals surface area (Å²) in [5.41, 5.74) is 8.27. The van der Waals surface area contributed by atoms with Crippen molar-refractivity contribution in [1.29, 1.82) is 0 Å². The van der Waals surface area contributed by atoms with Crippen LogP contribution in [-0.2, 0) is 4.74 Å². The van der Waals surface area contributed by atoms with Crippen LogP contribution >= 0.6 is 0 Å². The Morgan fingerprint density at radius 3 is 2.79 bits per heavy atom. The number of pyridine rings is 1. The highest BCUT2D eigenvalue weighted by Gasteiger charge is 2.26. The SMILES string of the molecule is CCCNC(=O)c1nc2c(C3=CCCN(C(=O)OC(C)(C)C)C3)cccn2c1N. The number of nitrogens with zero attached hydrogens (tertiary/aromatic N) is 3. The number of carbonyl (C=O) groups is 2. The number of nitrogens with one attached hydrogen (secondary N) is 1. The van der Waals surface area contributed by atoms with E-state index in [0.29, 0.717) is 31.1 Å². The fourth-order valence-electron chi connectivity index (χ4n) is 3.25. The van der Waals surface area contributed by atoms with Crippen LogP contribution in [0.4, 0.5) is 10.6 Å². The lowest BCUT2D eigenvalue weighted by atomic mass is 10.0. The standard InChI is InChI=1S/C21H29N5O3/c1-5-10-23-19(27)16-17(22)26-12-7-9-15(18(26)24-16)14-8-6-11-25(13-14)20(28)29-21(2,3)4/h7-9,12H,5-6,10-11,13,22H2,1-4H3,(H,23,27). The fourth-order valence-corrected chi connectivity index (χ4v) is 3.25. The molecular weight excluding hydrogens is 370 g/mol. The van der Waals surface area contributed by atoms with E-state index >= 15 is 0 Å². The topological polar surface area (TPSA) is 102 Å². The van der Waals surface area contributed by atoms with E-state index in [9.17, 15) is 9.59 Å². The molecule has 2 aromatic heterocycles. The lowest BCUT2D eigenvalue weighted by Crippen LogP contribution is -2.39. The normalized spacial score (nSPS) is 14.6. The Kier molecular flexibility index (Phi) is 5.81. The maximum absolute atomic E-state index is 12.5. The van der Waals surface area contributed by atoms with Crippen LogP contribution in [0.5, 0.6) is 0 Å². The molecule has 0 atom stereocenters. The number of imidazole rings is 1. The van der Waals surface area contributed by atoms with E-state index in [-0.39, 0.29) is 17.7 Å². The van der Waals surface area contributed by atoms with Gasteiger partial charge in [0.15, 0.2) is 5.69 Å². The molecule has 1 aliphatic heterocycles. The molecule has 3 rings (SSSR count). The van der Waals surface area contributed by atoms with Gasteiger partial charge in [-0.2, -0.15) is 0 Å². The molecule has 0 bridgehead atoms. The van der Waals surface area contributed by atoms with Crippen LogP contribution in [0.25, 0.3) is 11.2 Å². The number of nitrogen functional groups attached to an aromatic ring is 1. The number of rotatable bonds is 4. The van der Waals surface area contributed by atoms with Crippen LogP contribution in [0.2, 0.25) is 0 Å². The van der Waals surface area contributed by atoms with Gasteiger partial charge in [0.2, 0.25) is 0 Å². The van der Waals surface area contributed by atoms with Crippen LogP contribution in [0.3, 0.4) is 0 Å². The minimum Gasteiger partial charge on any atom is -0.444 e. The number of nitrogens with two attached hydrogens (primary N) is 1. The first-order valence-electron chi connectivity index (χ1n) is 9.93. The summed E-state index contributed by atoms with van der Waals surface area (Å²) in [5, 5.41) is 2.81. The van der Waals surface area contributed by atoms with Crippen LogP contribution in [0, 0.1) is 0 Å². The van der Waals surface area contributed by atoms with Crippen molar-refractivity contribution in [2.24, 2.45) is 0 Å². The molecule has 0 aromatic carbocycles. The van der Waals surface area contributed by atoms with Crippen molar-refractivity contribution in [3.63, 3.8) is 0 Å². The Balaban J connectivity index is 1.90. The van der Waals surface area contributed by atoms with Crippen molar-refractivity contribution in [3.8, 4) is 0 Å². The summed E-state index contributed by atoms with van der Waals surface area (Å²) in [4.78, 5) is 31.1. The zero-order chi connectivity index (χ0) is 21.2. The third kappa shape index (κ3) is 4.52. The first-order chi connectivity index (χ1) is 13.7. The zero-order valence-electron chi connectivity index (χ0n) is 17.5. The van der Waals surface area contributed by atoms with Gasteiger partial charge in [-0.25, -0.2) is 9.78 Å². The summed E-state index contributed by atoms with van der Waals surface area (Å²) in [6.45, 7) is 9.12. The molecule has 3 heterocycles. The van der Waals surface area contributed by atoms with E-state index < -0.39 is 5.60 Å². The number of ether oxygens (including phenoxy) is 1. The molecule has 0 aliphatic carbocycles. The Morgan fingerprint density at radius 2 is 2.10 bits per heavy atom. The number of aromatic nitrogens is 2. The molecule has 0 saturated carbocycles. The minimum absolute atomic E-state index is 0.214. The third-order valence-corrected chi connectivity index (χ3v) is 4.59. The van der Waals surface area contributed by atoms with Gasteiger partial charge in [0.1, 0.15) is 17.1 Å². The lowest BCUT2D eigenvalue weighted by Gasteiger charge is -2.30. The first kappa shape index (κ1) is 20.7. The molecule has 29 heavy (non-hydrogen) atoms. The highest BCUT2D eigenvalue weighted by Crippen LogP contribution is 2.27. The largest absolute Gasteiger partial charge is 0.444 e. The Bertz CT molecular complexity index is 955. The van der Waals surface area contributed by atoms with Gasteiger partial charge in [-0.3, -0.25) is 9.20 Å². The molecule has 2 aromatic rings. The number of anilines is 1. The minimum atomic E-state index is -0.545. The Labute approximate surface area is 170 Å². The van der Waals surface area contributed by atoms with Crippen molar-refractivity contribution in [3.05, 3.63) is 35.7 Å². The van der Waals surface area contributed by atoms with Crippen molar-refractivity contribution < 1.29 is 14.3 Å². The molecular formula is C21H29N5O3. The molecule has 0 saturated heterocycles. The monoisotopic (exact) mass is 399 g/mol. The van der Waals surface area contributed by atoms with Crippen LogP contribution in [0.15, 0.2) is 24.4 Å². The average Bonchev–Trinajstić information content (AvgIpc) is 3.02. The van der Waals surface area contributed by atoms with Gasteiger partial charge < -0.3 is 20.7 Å². The number of hydrogen-bond donors (Lipinski definition) is 2. The van der Waals surface area contributed by atoms with E-state index in [4.69, 9.17) is 10.5 Å². The zero-order valence-corrected chi connectivity index (χ0v) is 17.5. The number of fused-ring (bicyclic) bond motifs is 1. The maximum Gasteiger partial charge on any atom is 0.410 e. The van der Waals surface area contributed by atoms with Crippen molar-refractivity contribution in [2.45, 2.75) is 46.1 Å². The Hall–Kier alpha value is -3.03. The summed E-state index contributed by atoms with van der Waals surface area (Å²) >= 11 is 0. The third-order valence-electron chi connectivity index (χ3n) is 4.59. The summed E-state index contributed by atoms with van der Waals surface area (Å²) in [5.74, 6) is 0.0165. The van der Waals surface area contributed by atoms with Gasteiger partial charge in [0.05, 0.1) is 0 Å². The van der Waals surface area contributed by atoms with Crippen molar-refractivity contribution >= 4 is 29.0 Å². The molecule has 156 valence electrons. The van der Waals surface area contributed by atoms with Crippen LogP contribution < -0.4 is 11.1 Å². The summed E-state index contributed by atoms with van der Waals surface area (Å²) in [6.07, 6.45) is 5.09. The summed E-state index contributed by atoms with van der Waals surface area (Å²) in [7, 11) is 0. The van der Waals surface area contributed by atoms with Crippen LogP contribution in [-0.4, -0.2) is 51.5 Å². The number of amides is 2. The molecule has 1 aliphatic rings.